The number of amides is 1. The molecule has 2 saturated heterocycles. The number of ether oxygens (including phenoxy) is 1. The number of aliphatic hydroxyl groups excluding tert-OH is 3. The first kappa shape index (κ1) is 29.8. The van der Waals surface area contributed by atoms with Crippen LogP contribution in [-0.4, -0.2) is 75.3 Å². The Kier molecular flexibility index (Phi) is 10.8. The number of aryl methyl sites for hydroxylation is 1. The zero-order valence-electron chi connectivity index (χ0n) is 22.9. The zero-order chi connectivity index (χ0) is 27.3. The number of unbranched alkanes of at least 4 members (excludes halogenated alkanes) is 2. The first-order chi connectivity index (χ1) is 17.6. The lowest BCUT2D eigenvalue weighted by atomic mass is 9.85. The highest BCUT2D eigenvalue weighted by Crippen LogP contribution is 2.32. The summed E-state index contributed by atoms with van der Waals surface area (Å²) in [6.07, 6.45) is 0.983. The van der Waals surface area contributed by atoms with Crippen LogP contribution in [0.25, 0.3) is 0 Å². The molecule has 212 valence electrons. The molecular weight excluding hydrogens is 480 g/mol. The number of aliphatic hydroxyl groups is 3. The monoisotopic (exact) mass is 526 g/mol. The summed E-state index contributed by atoms with van der Waals surface area (Å²) in [4.78, 5) is 27.3. The van der Waals surface area contributed by atoms with Gasteiger partial charge in [0.15, 0.2) is 5.76 Å². The number of nitrogens with one attached hydrogen (secondary N) is 1. The second-order valence-corrected chi connectivity index (χ2v) is 11.2. The molecule has 37 heavy (non-hydrogen) atoms. The average Bonchev–Trinajstić information content (AvgIpc) is 3.39. The topological polar surface area (TPSA) is 146 Å². The summed E-state index contributed by atoms with van der Waals surface area (Å²) in [5.41, 5.74) is 0. The average molecular weight is 527 g/mol. The third-order valence-corrected chi connectivity index (χ3v) is 7.89. The molecule has 0 spiro atoms. The van der Waals surface area contributed by atoms with E-state index in [0.717, 1.165) is 32.1 Å². The van der Waals surface area contributed by atoms with Crippen LogP contribution in [0.2, 0.25) is 0 Å². The number of hydrogen-bond acceptors (Lipinski definition) is 9. The van der Waals surface area contributed by atoms with Crippen LogP contribution in [0.15, 0.2) is 13.6 Å². The minimum atomic E-state index is -1.36. The molecule has 0 unspecified atom stereocenters. The first-order valence-electron chi connectivity index (χ1n) is 13.9. The van der Waals surface area contributed by atoms with E-state index < -0.39 is 48.4 Å². The van der Waals surface area contributed by atoms with Crippen molar-refractivity contribution in [2.24, 2.45) is 11.8 Å². The van der Waals surface area contributed by atoms with Gasteiger partial charge in [-0.25, -0.2) is 4.79 Å². The maximum Gasteiger partial charge on any atom is 0.519 e. The van der Waals surface area contributed by atoms with E-state index in [-0.39, 0.29) is 18.4 Å². The molecule has 2 fully saturated rings. The minimum absolute atomic E-state index is 0.0994. The normalized spacial score (nSPS) is 31.6. The molecule has 1 aromatic heterocycles. The standard InChI is InChI=1S/C27H46N2O8/c1-6-8-9-11-17-12-18(29(13-17)14-20-16(5)35-27(34)37-20)26(33)28-21(15(3)4)25-24(32)23(31)22(30)19(36-25)10-7-2/h15,17-19,21-25,30-32H,6-14H2,1-5H3,(H,28,33)/t17-,18+,19-,21-,22+,23-,24-,25-/m1/s1. The molecule has 0 radical (unpaired) electrons. The smallest absolute Gasteiger partial charge is 0.396 e. The molecule has 0 aromatic carbocycles. The number of rotatable bonds is 12. The molecule has 0 bridgehead atoms. The third kappa shape index (κ3) is 7.23. The van der Waals surface area contributed by atoms with Gasteiger partial charge in [-0.15, -0.1) is 0 Å². The van der Waals surface area contributed by atoms with Crippen molar-refractivity contribution in [2.75, 3.05) is 6.54 Å². The molecular formula is C27H46N2O8. The molecule has 3 heterocycles. The number of carbonyl (C=O) groups is 1. The Morgan fingerprint density at radius 1 is 1.05 bits per heavy atom. The van der Waals surface area contributed by atoms with Gasteiger partial charge in [0.2, 0.25) is 5.91 Å². The highest BCUT2D eigenvalue weighted by Gasteiger charge is 2.48. The van der Waals surface area contributed by atoms with Crippen molar-refractivity contribution in [3.8, 4) is 0 Å². The van der Waals surface area contributed by atoms with Crippen LogP contribution in [0, 0.1) is 18.8 Å². The van der Waals surface area contributed by atoms with Gasteiger partial charge in [-0.05, 0) is 38.0 Å². The lowest BCUT2D eigenvalue weighted by Crippen LogP contribution is -2.65. The molecule has 10 nitrogen and oxygen atoms in total. The van der Waals surface area contributed by atoms with Crippen molar-refractivity contribution in [1.82, 2.24) is 10.2 Å². The number of likely N-dealkylation sites (tertiary alicyclic amines) is 1. The Morgan fingerprint density at radius 3 is 2.38 bits per heavy atom. The quantitative estimate of drug-likeness (QED) is 0.301. The Bertz CT molecular complexity index is 914. The van der Waals surface area contributed by atoms with Crippen LogP contribution >= 0.6 is 0 Å². The highest BCUT2D eigenvalue weighted by atomic mass is 16.6. The lowest BCUT2D eigenvalue weighted by Gasteiger charge is -2.45. The predicted octanol–water partition coefficient (Wildman–Crippen LogP) is 2.10. The second-order valence-electron chi connectivity index (χ2n) is 11.2. The van der Waals surface area contributed by atoms with Crippen LogP contribution in [0.5, 0.6) is 0 Å². The van der Waals surface area contributed by atoms with Gasteiger partial charge in [0.05, 0.1) is 24.7 Å². The first-order valence-corrected chi connectivity index (χ1v) is 13.9. The molecule has 4 N–H and O–H groups in total. The number of carbonyl (C=O) groups excluding carboxylic acids is 1. The highest BCUT2D eigenvalue weighted by molar-refractivity contribution is 5.82. The van der Waals surface area contributed by atoms with Gasteiger partial charge < -0.3 is 34.2 Å². The fourth-order valence-corrected chi connectivity index (χ4v) is 5.73. The van der Waals surface area contributed by atoms with E-state index in [0.29, 0.717) is 36.8 Å². The van der Waals surface area contributed by atoms with E-state index in [4.69, 9.17) is 13.6 Å². The van der Waals surface area contributed by atoms with Crippen LogP contribution in [0.1, 0.15) is 84.2 Å². The lowest BCUT2D eigenvalue weighted by molar-refractivity contribution is -0.232. The summed E-state index contributed by atoms with van der Waals surface area (Å²) >= 11 is 0. The summed E-state index contributed by atoms with van der Waals surface area (Å²) in [5, 5.41) is 34.8. The van der Waals surface area contributed by atoms with E-state index in [1.165, 1.54) is 0 Å². The molecule has 1 aromatic rings. The molecule has 0 aliphatic carbocycles. The van der Waals surface area contributed by atoms with E-state index in [9.17, 15) is 24.9 Å². The van der Waals surface area contributed by atoms with Crippen molar-refractivity contribution < 1.29 is 33.7 Å². The second kappa shape index (κ2) is 13.4. The maximum atomic E-state index is 13.7. The summed E-state index contributed by atoms with van der Waals surface area (Å²) in [6.45, 7) is 10.6. The summed E-state index contributed by atoms with van der Waals surface area (Å²) < 4.78 is 16.3. The van der Waals surface area contributed by atoms with E-state index in [1.54, 1.807) is 6.92 Å². The molecule has 2 aliphatic heterocycles. The van der Waals surface area contributed by atoms with E-state index in [1.807, 2.05) is 25.7 Å². The fourth-order valence-electron chi connectivity index (χ4n) is 5.73. The van der Waals surface area contributed by atoms with Gasteiger partial charge in [-0.2, -0.15) is 0 Å². The number of hydrogen-bond donors (Lipinski definition) is 4. The van der Waals surface area contributed by atoms with Crippen LogP contribution in [0.3, 0.4) is 0 Å². The Balaban J connectivity index is 1.78. The molecule has 3 rings (SSSR count). The fraction of sp³-hybridized carbons (Fsp3) is 0.852. The van der Waals surface area contributed by atoms with Gasteiger partial charge in [-0.1, -0.05) is 53.4 Å². The van der Waals surface area contributed by atoms with E-state index in [2.05, 4.69) is 12.2 Å². The molecule has 1 amide bonds. The van der Waals surface area contributed by atoms with Crippen molar-refractivity contribution >= 4 is 5.91 Å². The number of nitrogens with zero attached hydrogens (tertiary/aromatic N) is 1. The zero-order valence-corrected chi connectivity index (χ0v) is 22.9. The Hall–Kier alpha value is -1.72. The van der Waals surface area contributed by atoms with Crippen molar-refractivity contribution in [3.05, 3.63) is 22.1 Å². The van der Waals surface area contributed by atoms with Crippen molar-refractivity contribution in [2.45, 2.75) is 129 Å². The van der Waals surface area contributed by atoms with Gasteiger partial charge in [0, 0.05) is 6.54 Å². The van der Waals surface area contributed by atoms with Crippen molar-refractivity contribution in [1.29, 1.82) is 0 Å². The van der Waals surface area contributed by atoms with Gasteiger partial charge in [0.25, 0.3) is 0 Å². The van der Waals surface area contributed by atoms with Crippen LogP contribution < -0.4 is 11.1 Å². The van der Waals surface area contributed by atoms with Crippen LogP contribution in [0.4, 0.5) is 0 Å². The van der Waals surface area contributed by atoms with Gasteiger partial charge >= 0.3 is 5.82 Å². The summed E-state index contributed by atoms with van der Waals surface area (Å²) in [6, 6.07) is -1.02. The Morgan fingerprint density at radius 2 is 1.78 bits per heavy atom. The maximum absolute atomic E-state index is 13.7. The largest absolute Gasteiger partial charge is 0.519 e. The summed E-state index contributed by atoms with van der Waals surface area (Å²) in [5.74, 6) is 0.121. The molecule has 0 saturated carbocycles. The Labute approximate surface area is 219 Å². The molecule has 8 atom stereocenters. The summed E-state index contributed by atoms with van der Waals surface area (Å²) in [7, 11) is 0. The van der Waals surface area contributed by atoms with Crippen LogP contribution in [-0.2, 0) is 16.1 Å². The van der Waals surface area contributed by atoms with Gasteiger partial charge in [-0.3, -0.25) is 9.69 Å². The molecule has 2 aliphatic rings. The minimum Gasteiger partial charge on any atom is -0.396 e. The predicted molar refractivity (Wildman–Crippen MR) is 137 cm³/mol. The van der Waals surface area contributed by atoms with Gasteiger partial charge in [0.1, 0.15) is 30.2 Å². The SMILES string of the molecule is CCCCC[C@@H]1C[C@@H](C(=O)N[C@H](C(C)C)[C@H]2O[C@H](CCC)[C@H](O)[C@@H](O)[C@H]2O)N(Cc2oc(=O)oc2C)C1. The van der Waals surface area contributed by atoms with E-state index >= 15 is 0 Å². The third-order valence-electron chi connectivity index (χ3n) is 7.89. The molecule has 10 heteroatoms. The van der Waals surface area contributed by atoms with Crippen molar-refractivity contribution in [3.63, 3.8) is 0 Å².